The average Bonchev–Trinajstić information content (AvgIpc) is 2.69. The molecule has 4 heteroatoms. The van der Waals surface area contributed by atoms with Crippen LogP contribution in [0.15, 0.2) is 51.5 Å². The third kappa shape index (κ3) is 1.89. The number of aryl methyl sites for hydroxylation is 1. The first kappa shape index (κ1) is 11.9. The zero-order valence-corrected chi connectivity index (χ0v) is 12.9. The molecule has 0 amide bonds. The van der Waals surface area contributed by atoms with E-state index >= 15 is 0 Å². The van der Waals surface area contributed by atoms with E-state index in [1.165, 1.54) is 5.56 Å². The van der Waals surface area contributed by atoms with Crippen molar-refractivity contribution in [3.05, 3.63) is 57.2 Å². The van der Waals surface area contributed by atoms with Crippen LogP contribution in [0.2, 0.25) is 0 Å². The Morgan fingerprint density at radius 1 is 1.06 bits per heavy atom. The van der Waals surface area contributed by atoms with Crippen LogP contribution < -0.4 is 0 Å². The summed E-state index contributed by atoms with van der Waals surface area (Å²) < 4.78 is 4.21. The number of hydrogen-bond donors (Lipinski definition) is 0. The van der Waals surface area contributed by atoms with Gasteiger partial charge in [-0.25, -0.2) is 4.98 Å². The number of fused-ring (bicyclic) bond motifs is 1. The highest BCUT2D eigenvalue weighted by molar-refractivity contribution is 9.10. The molecule has 0 fully saturated rings. The fourth-order valence-corrected chi connectivity index (χ4v) is 2.80. The van der Waals surface area contributed by atoms with Crippen LogP contribution in [0.3, 0.4) is 0 Å². The van der Waals surface area contributed by atoms with Crippen molar-refractivity contribution in [1.29, 1.82) is 0 Å². The topological polar surface area (TPSA) is 17.3 Å². The molecule has 2 heterocycles. The van der Waals surface area contributed by atoms with Crippen LogP contribution in [-0.2, 0) is 0 Å². The molecule has 2 aromatic heterocycles. The fourth-order valence-electron chi connectivity index (χ4n) is 2.10. The van der Waals surface area contributed by atoms with Gasteiger partial charge in [0, 0.05) is 16.2 Å². The zero-order valence-electron chi connectivity index (χ0n) is 9.69. The molecular formula is C14H10Br2N2. The van der Waals surface area contributed by atoms with Crippen molar-refractivity contribution in [2.45, 2.75) is 6.92 Å². The molecule has 90 valence electrons. The largest absolute Gasteiger partial charge is 0.298 e. The first-order chi connectivity index (χ1) is 8.66. The van der Waals surface area contributed by atoms with Crippen molar-refractivity contribution >= 4 is 37.5 Å². The lowest BCUT2D eigenvalue weighted by Crippen LogP contribution is -1.89. The maximum Gasteiger partial charge on any atom is 0.151 e. The summed E-state index contributed by atoms with van der Waals surface area (Å²) in [7, 11) is 0. The average molecular weight is 366 g/mol. The molecule has 0 spiro atoms. The minimum Gasteiger partial charge on any atom is -0.298 e. The van der Waals surface area contributed by atoms with Crippen LogP contribution >= 0.6 is 31.9 Å². The Labute approximate surface area is 122 Å². The molecule has 0 bridgehead atoms. The Balaban J connectivity index is 2.32. The molecule has 3 aromatic rings. The first-order valence-corrected chi connectivity index (χ1v) is 7.14. The van der Waals surface area contributed by atoms with Gasteiger partial charge in [-0.3, -0.25) is 4.40 Å². The van der Waals surface area contributed by atoms with E-state index < -0.39 is 0 Å². The maximum atomic E-state index is 4.62. The summed E-state index contributed by atoms with van der Waals surface area (Å²) in [6, 6.07) is 12.3. The highest BCUT2D eigenvalue weighted by Crippen LogP contribution is 2.28. The van der Waals surface area contributed by atoms with E-state index in [0.29, 0.717) is 0 Å². The van der Waals surface area contributed by atoms with Crippen LogP contribution in [0.4, 0.5) is 0 Å². The van der Waals surface area contributed by atoms with Crippen LogP contribution in [0.5, 0.6) is 0 Å². The lowest BCUT2D eigenvalue weighted by molar-refractivity contribution is 1.18. The summed E-state index contributed by atoms with van der Waals surface area (Å²) in [6.07, 6.45) is 2.04. The van der Waals surface area contributed by atoms with Gasteiger partial charge in [-0.05, 0) is 47.1 Å². The zero-order chi connectivity index (χ0) is 12.7. The molecule has 0 unspecified atom stereocenters. The molecule has 0 aliphatic rings. The Kier molecular flexibility index (Phi) is 2.99. The molecule has 0 N–H and O–H groups in total. The molecule has 1 aromatic carbocycles. The summed E-state index contributed by atoms with van der Waals surface area (Å²) >= 11 is 7.00. The molecule has 2 nitrogen and oxygen atoms in total. The lowest BCUT2D eigenvalue weighted by atomic mass is 10.1. The predicted molar refractivity (Wildman–Crippen MR) is 80.8 cm³/mol. The molecule has 0 saturated heterocycles. The van der Waals surface area contributed by atoms with E-state index in [2.05, 4.69) is 53.4 Å². The molecule has 0 aliphatic carbocycles. The van der Waals surface area contributed by atoms with Crippen LogP contribution in [-0.4, -0.2) is 9.38 Å². The van der Waals surface area contributed by atoms with Gasteiger partial charge in [0.15, 0.2) is 5.65 Å². The molecule has 0 saturated carbocycles. The van der Waals surface area contributed by atoms with Crippen molar-refractivity contribution in [3.63, 3.8) is 0 Å². The minimum atomic E-state index is 0.952. The van der Waals surface area contributed by atoms with Gasteiger partial charge in [-0.1, -0.05) is 28.1 Å². The Hall–Kier alpha value is -1.13. The quantitative estimate of drug-likeness (QED) is 0.603. The van der Waals surface area contributed by atoms with Crippen molar-refractivity contribution in [1.82, 2.24) is 9.38 Å². The van der Waals surface area contributed by atoms with E-state index in [1.807, 2.05) is 37.4 Å². The van der Waals surface area contributed by atoms with Gasteiger partial charge in [-0.2, -0.15) is 0 Å². The second-order valence-corrected chi connectivity index (χ2v) is 5.87. The number of halogens is 2. The van der Waals surface area contributed by atoms with Gasteiger partial charge in [-0.15, -0.1) is 0 Å². The summed E-state index contributed by atoms with van der Waals surface area (Å²) in [4.78, 5) is 4.62. The maximum absolute atomic E-state index is 4.62. The number of rotatable bonds is 1. The number of aromatic nitrogens is 2. The number of pyridine rings is 1. The minimum absolute atomic E-state index is 0.952. The number of imidazole rings is 1. The smallest absolute Gasteiger partial charge is 0.151 e. The van der Waals surface area contributed by atoms with Crippen LogP contribution in [0.25, 0.3) is 16.9 Å². The van der Waals surface area contributed by atoms with Crippen LogP contribution in [0.1, 0.15) is 5.69 Å². The molecule has 3 rings (SSSR count). The third-order valence-corrected chi connectivity index (χ3v) is 4.04. The lowest BCUT2D eigenvalue weighted by Gasteiger charge is -2.04. The standard InChI is InChI=1S/C14H10Br2N2/c1-9-13(10-4-6-11(15)7-5-10)18-8-2-3-12(16)14(18)17-9/h2-8H,1H3. The Morgan fingerprint density at radius 3 is 2.50 bits per heavy atom. The Bertz CT molecular complexity index is 714. The van der Waals surface area contributed by atoms with Crippen molar-refractivity contribution in [3.8, 4) is 11.3 Å². The van der Waals surface area contributed by atoms with Crippen molar-refractivity contribution in [2.75, 3.05) is 0 Å². The third-order valence-electron chi connectivity index (χ3n) is 2.89. The molecule has 0 aliphatic heterocycles. The highest BCUT2D eigenvalue weighted by Gasteiger charge is 2.12. The van der Waals surface area contributed by atoms with Gasteiger partial charge >= 0.3 is 0 Å². The second-order valence-electron chi connectivity index (χ2n) is 4.10. The number of hydrogen-bond acceptors (Lipinski definition) is 1. The van der Waals surface area contributed by atoms with E-state index in [1.54, 1.807) is 0 Å². The summed E-state index contributed by atoms with van der Waals surface area (Å²) in [5, 5.41) is 0. The molecular weight excluding hydrogens is 356 g/mol. The van der Waals surface area contributed by atoms with Gasteiger partial charge in [0.05, 0.1) is 15.9 Å². The van der Waals surface area contributed by atoms with Crippen molar-refractivity contribution in [2.24, 2.45) is 0 Å². The summed E-state index contributed by atoms with van der Waals surface area (Å²) in [5.74, 6) is 0. The molecule has 0 atom stereocenters. The van der Waals surface area contributed by atoms with E-state index in [9.17, 15) is 0 Å². The van der Waals surface area contributed by atoms with Gasteiger partial charge in [0.25, 0.3) is 0 Å². The predicted octanol–water partition coefficient (Wildman–Crippen LogP) is 4.83. The Morgan fingerprint density at radius 2 is 1.78 bits per heavy atom. The summed E-state index contributed by atoms with van der Waals surface area (Å²) in [5.41, 5.74) is 4.29. The van der Waals surface area contributed by atoms with Crippen molar-refractivity contribution < 1.29 is 0 Å². The first-order valence-electron chi connectivity index (χ1n) is 5.56. The van der Waals surface area contributed by atoms with Gasteiger partial charge in [0.1, 0.15) is 0 Å². The fraction of sp³-hybridized carbons (Fsp3) is 0.0714. The van der Waals surface area contributed by atoms with E-state index in [0.717, 1.165) is 26.0 Å². The van der Waals surface area contributed by atoms with Gasteiger partial charge in [0.2, 0.25) is 0 Å². The second kappa shape index (κ2) is 4.52. The molecule has 0 radical (unpaired) electrons. The van der Waals surface area contributed by atoms with E-state index in [4.69, 9.17) is 0 Å². The SMILES string of the molecule is Cc1nc2c(Br)cccn2c1-c1ccc(Br)cc1. The number of nitrogens with zero attached hydrogens (tertiary/aromatic N) is 2. The van der Waals surface area contributed by atoms with E-state index in [-0.39, 0.29) is 0 Å². The number of benzene rings is 1. The monoisotopic (exact) mass is 364 g/mol. The normalized spacial score (nSPS) is 11.1. The molecule has 18 heavy (non-hydrogen) atoms. The summed E-state index contributed by atoms with van der Waals surface area (Å²) in [6.45, 7) is 2.04. The van der Waals surface area contributed by atoms with Crippen LogP contribution in [0, 0.1) is 6.92 Å². The highest BCUT2D eigenvalue weighted by atomic mass is 79.9. The van der Waals surface area contributed by atoms with Gasteiger partial charge < -0.3 is 0 Å².